The van der Waals surface area contributed by atoms with Crippen LogP contribution in [-0.2, 0) is 25.6 Å². The first kappa shape index (κ1) is 17.7. The van der Waals surface area contributed by atoms with Crippen LogP contribution in [0.4, 0.5) is 19.0 Å². The highest BCUT2D eigenvalue weighted by molar-refractivity contribution is 5.50. The fourth-order valence-corrected chi connectivity index (χ4v) is 3.23. The van der Waals surface area contributed by atoms with Gasteiger partial charge in [-0.05, 0) is 31.5 Å². The molecule has 0 aliphatic carbocycles. The normalized spacial score (nSPS) is 14.8. The van der Waals surface area contributed by atoms with Crippen molar-refractivity contribution in [1.29, 1.82) is 0 Å². The highest BCUT2D eigenvalue weighted by Crippen LogP contribution is 2.33. The number of fused-ring (bicyclic) bond motifs is 1. The maximum absolute atomic E-state index is 13.2. The number of hydrogen-bond donors (Lipinski definition) is 1. The molecule has 0 saturated carbocycles. The molecule has 1 aromatic heterocycles. The van der Waals surface area contributed by atoms with Crippen molar-refractivity contribution in [3.63, 3.8) is 0 Å². The molecule has 7 heteroatoms. The molecule has 0 radical (unpaired) electrons. The van der Waals surface area contributed by atoms with Gasteiger partial charge in [0.15, 0.2) is 0 Å². The number of halogens is 3. The van der Waals surface area contributed by atoms with Gasteiger partial charge >= 0.3 is 6.18 Å². The number of benzene rings is 1. The molecule has 2 aromatic rings. The number of rotatable bonds is 3. The summed E-state index contributed by atoms with van der Waals surface area (Å²) >= 11 is 0. The minimum atomic E-state index is -4.36. The van der Waals surface area contributed by atoms with Gasteiger partial charge in [-0.3, -0.25) is 0 Å². The molecule has 1 aromatic carbocycles. The van der Waals surface area contributed by atoms with E-state index in [0.717, 1.165) is 49.1 Å². The first-order valence-corrected chi connectivity index (χ1v) is 8.29. The molecule has 0 saturated heterocycles. The second-order valence-corrected chi connectivity index (χ2v) is 6.28. The second-order valence-electron chi connectivity index (χ2n) is 6.28. The van der Waals surface area contributed by atoms with Crippen molar-refractivity contribution in [2.45, 2.75) is 32.5 Å². The van der Waals surface area contributed by atoms with Gasteiger partial charge in [-0.1, -0.05) is 18.2 Å². The van der Waals surface area contributed by atoms with Crippen molar-refractivity contribution in [3.8, 4) is 0 Å². The molecule has 134 valence electrons. The number of alkyl halides is 3. The summed E-state index contributed by atoms with van der Waals surface area (Å²) < 4.78 is 39.7. The molecule has 0 spiro atoms. The Hall–Kier alpha value is -2.15. The zero-order valence-electron chi connectivity index (χ0n) is 14.3. The van der Waals surface area contributed by atoms with Crippen LogP contribution in [-0.4, -0.2) is 30.1 Å². The monoisotopic (exact) mass is 350 g/mol. The van der Waals surface area contributed by atoms with Crippen LogP contribution >= 0.6 is 0 Å². The summed E-state index contributed by atoms with van der Waals surface area (Å²) in [5, 5.41) is 3.32. The lowest BCUT2D eigenvalue weighted by molar-refractivity contribution is -0.138. The number of nitrogens with one attached hydrogen (secondary N) is 1. The maximum Gasteiger partial charge on any atom is 0.416 e. The second kappa shape index (κ2) is 7.00. The van der Waals surface area contributed by atoms with E-state index >= 15 is 0 Å². The molecular formula is C18H21F3N4. The van der Waals surface area contributed by atoms with E-state index in [1.54, 1.807) is 18.0 Å². The van der Waals surface area contributed by atoms with Crippen molar-refractivity contribution >= 4 is 5.82 Å². The molecule has 4 nitrogen and oxygen atoms in total. The standard InChI is InChI=1S/C18H21F3N4/c1-12-23-16-8-10-22-9-7-14(16)17(24-12)25(2)11-13-5-3-4-6-15(13)18(19,20)21/h3-6,22H,7-11H2,1-2H3. The molecular weight excluding hydrogens is 329 g/mol. The van der Waals surface area contributed by atoms with E-state index < -0.39 is 11.7 Å². The van der Waals surface area contributed by atoms with Crippen LogP contribution < -0.4 is 10.2 Å². The van der Waals surface area contributed by atoms with Gasteiger partial charge in [-0.15, -0.1) is 0 Å². The fraction of sp³-hybridized carbons (Fsp3) is 0.444. The molecule has 25 heavy (non-hydrogen) atoms. The van der Waals surface area contributed by atoms with Crippen LogP contribution in [0.2, 0.25) is 0 Å². The van der Waals surface area contributed by atoms with E-state index in [1.165, 1.54) is 12.1 Å². The van der Waals surface area contributed by atoms with Crippen LogP contribution in [0.5, 0.6) is 0 Å². The van der Waals surface area contributed by atoms with Gasteiger partial charge in [-0.25, -0.2) is 9.97 Å². The van der Waals surface area contributed by atoms with Gasteiger partial charge in [0.25, 0.3) is 0 Å². The van der Waals surface area contributed by atoms with Crippen molar-refractivity contribution < 1.29 is 13.2 Å². The first-order valence-electron chi connectivity index (χ1n) is 8.29. The third-order valence-electron chi connectivity index (χ3n) is 4.36. The topological polar surface area (TPSA) is 41.1 Å². The molecule has 0 amide bonds. The Bertz CT molecular complexity index is 758. The summed E-state index contributed by atoms with van der Waals surface area (Å²) in [7, 11) is 1.79. The summed E-state index contributed by atoms with van der Waals surface area (Å²) in [5.41, 5.74) is 1.67. The van der Waals surface area contributed by atoms with Crippen LogP contribution in [0, 0.1) is 6.92 Å². The summed E-state index contributed by atoms with van der Waals surface area (Å²) in [6.45, 7) is 3.63. The Morgan fingerprint density at radius 1 is 1.12 bits per heavy atom. The Balaban J connectivity index is 1.95. The highest BCUT2D eigenvalue weighted by Gasteiger charge is 2.33. The lowest BCUT2D eigenvalue weighted by Gasteiger charge is -2.24. The number of anilines is 1. The lowest BCUT2D eigenvalue weighted by atomic mass is 10.1. The summed E-state index contributed by atoms with van der Waals surface area (Å²) in [6, 6.07) is 5.69. The van der Waals surface area contributed by atoms with E-state index in [2.05, 4.69) is 15.3 Å². The van der Waals surface area contributed by atoms with Crippen molar-refractivity contribution in [2.75, 3.05) is 25.0 Å². The van der Waals surface area contributed by atoms with Crippen molar-refractivity contribution in [1.82, 2.24) is 15.3 Å². The van der Waals surface area contributed by atoms with E-state index in [1.807, 2.05) is 6.92 Å². The van der Waals surface area contributed by atoms with E-state index in [4.69, 9.17) is 0 Å². The fourth-order valence-electron chi connectivity index (χ4n) is 3.23. The molecule has 2 heterocycles. The SMILES string of the molecule is Cc1nc2c(c(N(C)Cc3ccccc3C(F)(F)F)n1)CCNCC2. The molecule has 0 fully saturated rings. The lowest BCUT2D eigenvalue weighted by Crippen LogP contribution is -2.23. The molecule has 0 unspecified atom stereocenters. The molecule has 3 rings (SSSR count). The largest absolute Gasteiger partial charge is 0.416 e. The van der Waals surface area contributed by atoms with Crippen LogP contribution in [0.3, 0.4) is 0 Å². The van der Waals surface area contributed by atoms with Gasteiger partial charge in [-0.2, -0.15) is 13.2 Å². The highest BCUT2D eigenvalue weighted by atomic mass is 19.4. The van der Waals surface area contributed by atoms with Crippen LogP contribution in [0.1, 0.15) is 28.2 Å². The Kier molecular flexibility index (Phi) is 4.94. The van der Waals surface area contributed by atoms with Crippen LogP contribution in [0.25, 0.3) is 0 Å². The van der Waals surface area contributed by atoms with E-state index in [-0.39, 0.29) is 12.1 Å². The average Bonchev–Trinajstić information content (AvgIpc) is 2.78. The van der Waals surface area contributed by atoms with Gasteiger partial charge in [0.1, 0.15) is 11.6 Å². The van der Waals surface area contributed by atoms with Gasteiger partial charge in [0.2, 0.25) is 0 Å². The predicted octanol–water partition coefficient (Wildman–Crippen LogP) is 3.13. The Morgan fingerprint density at radius 2 is 1.84 bits per heavy atom. The summed E-state index contributed by atoms with van der Waals surface area (Å²) in [5.74, 6) is 1.37. The minimum Gasteiger partial charge on any atom is -0.355 e. The molecule has 1 aliphatic heterocycles. The number of hydrogen-bond acceptors (Lipinski definition) is 4. The van der Waals surface area contributed by atoms with E-state index in [0.29, 0.717) is 5.82 Å². The molecule has 1 aliphatic rings. The first-order chi connectivity index (χ1) is 11.9. The number of aromatic nitrogens is 2. The zero-order valence-corrected chi connectivity index (χ0v) is 14.3. The molecule has 0 atom stereocenters. The van der Waals surface area contributed by atoms with Gasteiger partial charge < -0.3 is 10.2 Å². The molecule has 1 N–H and O–H groups in total. The predicted molar refractivity (Wildman–Crippen MR) is 90.6 cm³/mol. The quantitative estimate of drug-likeness (QED) is 0.923. The molecule has 0 bridgehead atoms. The van der Waals surface area contributed by atoms with Gasteiger partial charge in [0.05, 0.1) is 11.3 Å². The summed E-state index contributed by atoms with van der Waals surface area (Å²) in [4.78, 5) is 10.8. The number of nitrogens with zero attached hydrogens (tertiary/aromatic N) is 3. The third kappa shape index (κ3) is 3.92. The van der Waals surface area contributed by atoms with Crippen molar-refractivity contribution in [2.24, 2.45) is 0 Å². The van der Waals surface area contributed by atoms with Gasteiger partial charge in [0, 0.05) is 32.1 Å². The van der Waals surface area contributed by atoms with Crippen LogP contribution in [0.15, 0.2) is 24.3 Å². The Morgan fingerprint density at radius 3 is 2.60 bits per heavy atom. The average molecular weight is 350 g/mol. The van der Waals surface area contributed by atoms with Crippen molar-refractivity contribution in [3.05, 3.63) is 52.5 Å². The van der Waals surface area contributed by atoms with E-state index in [9.17, 15) is 13.2 Å². The zero-order chi connectivity index (χ0) is 18.0. The smallest absolute Gasteiger partial charge is 0.355 e. The number of aryl methyl sites for hydroxylation is 1. The summed E-state index contributed by atoms with van der Waals surface area (Å²) in [6.07, 6.45) is -2.78. The Labute approximate surface area is 145 Å². The maximum atomic E-state index is 13.2. The third-order valence-corrected chi connectivity index (χ3v) is 4.36. The minimum absolute atomic E-state index is 0.145.